The van der Waals surface area contributed by atoms with E-state index in [0.717, 1.165) is 0 Å². The molecule has 3 heteroatoms. The van der Waals surface area contributed by atoms with Gasteiger partial charge < -0.3 is 5.32 Å². The molecule has 0 aromatic carbocycles. The zero-order valence-electron chi connectivity index (χ0n) is 10.7. The van der Waals surface area contributed by atoms with Crippen molar-refractivity contribution in [2.24, 2.45) is 0 Å². The Morgan fingerprint density at radius 3 is 1.11 bits per heavy atom. The standard InChI is InChI=1S/C5H11N.2C5H5N/c3*1-2-4-6-5-3-1/h6H,1-5H2;2*1-5H. The first-order valence-electron chi connectivity index (χ1n) is 6.41. The van der Waals surface area contributed by atoms with Crippen LogP contribution in [0.4, 0.5) is 0 Å². The molecule has 2 aromatic rings. The van der Waals surface area contributed by atoms with Crippen LogP contribution in [0.25, 0.3) is 0 Å². The molecule has 1 fully saturated rings. The molecule has 0 bridgehead atoms. The number of pyridine rings is 2. The van der Waals surface area contributed by atoms with Crippen LogP contribution in [0, 0.1) is 0 Å². The van der Waals surface area contributed by atoms with E-state index in [1.807, 2.05) is 36.4 Å². The third kappa shape index (κ3) is 9.48. The first-order chi connectivity index (χ1) is 9.00. The normalized spacial score (nSPS) is 13.3. The van der Waals surface area contributed by atoms with Crippen molar-refractivity contribution in [2.75, 3.05) is 13.1 Å². The molecule has 2 aromatic heterocycles. The quantitative estimate of drug-likeness (QED) is 0.773. The van der Waals surface area contributed by atoms with E-state index in [1.165, 1.54) is 32.4 Å². The van der Waals surface area contributed by atoms with Gasteiger partial charge in [-0.3, -0.25) is 9.97 Å². The Morgan fingerprint density at radius 2 is 1.00 bits per heavy atom. The number of aromatic nitrogens is 2. The predicted octanol–water partition coefficient (Wildman–Crippen LogP) is 2.92. The van der Waals surface area contributed by atoms with E-state index >= 15 is 0 Å². The molecule has 0 atom stereocenters. The summed E-state index contributed by atoms with van der Waals surface area (Å²) in [6.07, 6.45) is 11.2. The smallest absolute Gasteiger partial charge is 0.0267 e. The summed E-state index contributed by atoms with van der Waals surface area (Å²) in [7, 11) is 0. The highest BCUT2D eigenvalue weighted by Crippen LogP contribution is 1.96. The Bertz CT molecular complexity index is 250. The largest absolute Gasteiger partial charge is 0.317 e. The van der Waals surface area contributed by atoms with Crippen molar-refractivity contribution in [1.29, 1.82) is 0 Å². The highest BCUT2D eigenvalue weighted by Gasteiger charge is 1.93. The molecule has 3 nitrogen and oxygen atoms in total. The summed E-state index contributed by atoms with van der Waals surface area (Å²) in [6, 6.07) is 11.4. The van der Waals surface area contributed by atoms with Gasteiger partial charge in [-0.05, 0) is 50.2 Å². The van der Waals surface area contributed by atoms with E-state index in [-0.39, 0.29) is 0 Å². The lowest BCUT2D eigenvalue weighted by Crippen LogP contribution is -2.21. The maximum absolute atomic E-state index is 3.78. The van der Waals surface area contributed by atoms with Crippen molar-refractivity contribution in [1.82, 2.24) is 15.3 Å². The zero-order valence-corrected chi connectivity index (χ0v) is 10.7. The van der Waals surface area contributed by atoms with Gasteiger partial charge in [0, 0.05) is 24.8 Å². The molecule has 0 spiro atoms. The number of hydrogen-bond donors (Lipinski definition) is 1. The Balaban J connectivity index is 0.000000135. The minimum atomic E-state index is 1.25. The van der Waals surface area contributed by atoms with Crippen molar-refractivity contribution in [3.05, 3.63) is 61.2 Å². The summed E-state index contributed by atoms with van der Waals surface area (Å²) < 4.78 is 0. The van der Waals surface area contributed by atoms with Crippen LogP contribution in [0.1, 0.15) is 19.3 Å². The van der Waals surface area contributed by atoms with Gasteiger partial charge in [-0.15, -0.1) is 0 Å². The number of nitrogens with one attached hydrogen (secondary N) is 1. The Morgan fingerprint density at radius 1 is 0.556 bits per heavy atom. The van der Waals surface area contributed by atoms with Crippen molar-refractivity contribution < 1.29 is 0 Å². The Labute approximate surface area is 109 Å². The van der Waals surface area contributed by atoms with Gasteiger partial charge in [0.1, 0.15) is 0 Å². The third-order valence-corrected chi connectivity index (χ3v) is 2.34. The van der Waals surface area contributed by atoms with Crippen LogP contribution in [-0.4, -0.2) is 23.1 Å². The number of hydrogen-bond acceptors (Lipinski definition) is 3. The summed E-state index contributed by atoms with van der Waals surface area (Å²) in [5, 5.41) is 3.28. The zero-order chi connectivity index (χ0) is 12.7. The van der Waals surface area contributed by atoms with Crippen LogP contribution in [-0.2, 0) is 0 Å². The number of piperidine rings is 1. The fourth-order valence-corrected chi connectivity index (χ4v) is 1.43. The lowest BCUT2D eigenvalue weighted by molar-refractivity contribution is 0.520. The minimum Gasteiger partial charge on any atom is -0.317 e. The van der Waals surface area contributed by atoms with E-state index in [2.05, 4.69) is 15.3 Å². The Hall–Kier alpha value is -1.74. The van der Waals surface area contributed by atoms with Crippen molar-refractivity contribution in [3.63, 3.8) is 0 Å². The molecule has 96 valence electrons. The summed E-state index contributed by atoms with van der Waals surface area (Å²) >= 11 is 0. The molecular formula is C15H21N3. The molecule has 0 saturated carbocycles. The van der Waals surface area contributed by atoms with Gasteiger partial charge in [-0.2, -0.15) is 0 Å². The molecule has 0 radical (unpaired) electrons. The average Bonchev–Trinajstić information content (AvgIpc) is 2.54. The SMILES string of the molecule is C1CCNCC1.c1ccncc1.c1ccncc1. The first-order valence-corrected chi connectivity index (χ1v) is 6.41. The topological polar surface area (TPSA) is 37.8 Å². The van der Waals surface area contributed by atoms with Gasteiger partial charge in [-0.25, -0.2) is 0 Å². The molecule has 3 rings (SSSR count). The first kappa shape index (κ1) is 14.3. The second-order valence-electron chi connectivity index (χ2n) is 3.86. The van der Waals surface area contributed by atoms with Crippen LogP contribution in [0.3, 0.4) is 0 Å². The lowest BCUT2D eigenvalue weighted by Gasteiger charge is -2.08. The molecule has 0 aliphatic carbocycles. The van der Waals surface area contributed by atoms with Gasteiger partial charge in [0.15, 0.2) is 0 Å². The maximum Gasteiger partial charge on any atom is 0.0267 e. The van der Waals surface area contributed by atoms with Gasteiger partial charge in [0.2, 0.25) is 0 Å². The number of rotatable bonds is 0. The van der Waals surface area contributed by atoms with Crippen LogP contribution in [0.15, 0.2) is 61.2 Å². The van der Waals surface area contributed by atoms with Crippen molar-refractivity contribution >= 4 is 0 Å². The van der Waals surface area contributed by atoms with Gasteiger partial charge in [0.05, 0.1) is 0 Å². The van der Waals surface area contributed by atoms with E-state index in [1.54, 1.807) is 24.8 Å². The fourth-order valence-electron chi connectivity index (χ4n) is 1.43. The van der Waals surface area contributed by atoms with E-state index < -0.39 is 0 Å². The predicted molar refractivity (Wildman–Crippen MR) is 75.2 cm³/mol. The molecule has 18 heavy (non-hydrogen) atoms. The molecule has 3 heterocycles. The monoisotopic (exact) mass is 243 g/mol. The summed E-state index contributed by atoms with van der Waals surface area (Å²) in [6.45, 7) is 2.50. The second-order valence-corrected chi connectivity index (χ2v) is 3.86. The minimum absolute atomic E-state index is 1.25. The van der Waals surface area contributed by atoms with Gasteiger partial charge in [0.25, 0.3) is 0 Å². The van der Waals surface area contributed by atoms with E-state index in [9.17, 15) is 0 Å². The molecule has 1 saturated heterocycles. The highest BCUT2D eigenvalue weighted by atomic mass is 14.9. The third-order valence-electron chi connectivity index (χ3n) is 2.34. The highest BCUT2D eigenvalue weighted by molar-refractivity contribution is 4.88. The molecule has 1 aliphatic rings. The fraction of sp³-hybridized carbons (Fsp3) is 0.333. The van der Waals surface area contributed by atoms with E-state index in [4.69, 9.17) is 0 Å². The van der Waals surface area contributed by atoms with Crippen LogP contribution in [0.5, 0.6) is 0 Å². The Kier molecular flexibility index (Phi) is 9.34. The van der Waals surface area contributed by atoms with Crippen LogP contribution >= 0.6 is 0 Å². The van der Waals surface area contributed by atoms with Crippen molar-refractivity contribution in [2.45, 2.75) is 19.3 Å². The van der Waals surface area contributed by atoms with E-state index in [0.29, 0.717) is 0 Å². The second kappa shape index (κ2) is 11.7. The number of nitrogens with zero attached hydrogens (tertiary/aromatic N) is 2. The summed E-state index contributed by atoms with van der Waals surface area (Å²) in [4.78, 5) is 7.57. The molecule has 1 aliphatic heterocycles. The molecule has 0 amide bonds. The molecule has 1 N–H and O–H groups in total. The van der Waals surface area contributed by atoms with Gasteiger partial charge in [-0.1, -0.05) is 18.6 Å². The van der Waals surface area contributed by atoms with Gasteiger partial charge >= 0.3 is 0 Å². The van der Waals surface area contributed by atoms with Crippen molar-refractivity contribution in [3.8, 4) is 0 Å². The summed E-state index contributed by atoms with van der Waals surface area (Å²) in [5.41, 5.74) is 0. The molecular weight excluding hydrogens is 222 g/mol. The average molecular weight is 243 g/mol. The lowest BCUT2D eigenvalue weighted by atomic mass is 10.2. The summed E-state index contributed by atoms with van der Waals surface area (Å²) in [5.74, 6) is 0. The van der Waals surface area contributed by atoms with Crippen LogP contribution < -0.4 is 5.32 Å². The van der Waals surface area contributed by atoms with Crippen LogP contribution in [0.2, 0.25) is 0 Å². The molecule has 0 unspecified atom stereocenters. The maximum atomic E-state index is 3.78.